The quantitative estimate of drug-likeness (QED) is 0.752. The third-order valence-electron chi connectivity index (χ3n) is 3.27. The molecule has 0 heterocycles. The van der Waals surface area contributed by atoms with Gasteiger partial charge in [0.2, 0.25) is 5.91 Å². The van der Waals surface area contributed by atoms with Crippen LogP contribution in [-0.4, -0.2) is 24.5 Å². The van der Waals surface area contributed by atoms with Crippen molar-refractivity contribution in [3.05, 3.63) is 0 Å². The van der Waals surface area contributed by atoms with E-state index in [0.717, 1.165) is 13.1 Å². The van der Waals surface area contributed by atoms with Crippen LogP contribution in [0.4, 0.5) is 0 Å². The summed E-state index contributed by atoms with van der Waals surface area (Å²) in [5.74, 6) is 0.853. The van der Waals surface area contributed by atoms with Crippen LogP contribution < -0.4 is 10.6 Å². The molecule has 16 heavy (non-hydrogen) atoms. The average Bonchev–Trinajstić information content (AvgIpc) is 2.68. The van der Waals surface area contributed by atoms with Crippen LogP contribution in [0.5, 0.6) is 0 Å². The Labute approximate surface area is 99.4 Å². The number of amides is 1. The number of rotatable bonds is 5. The smallest absolute Gasteiger partial charge is 0.221 e. The molecule has 1 atom stereocenters. The van der Waals surface area contributed by atoms with Gasteiger partial charge in [0.05, 0.1) is 0 Å². The molecule has 1 amide bonds. The molecular weight excluding hydrogens is 200 g/mol. The largest absolute Gasteiger partial charge is 0.356 e. The Morgan fingerprint density at radius 1 is 1.38 bits per heavy atom. The van der Waals surface area contributed by atoms with Gasteiger partial charge in [-0.1, -0.05) is 13.8 Å². The lowest BCUT2D eigenvalue weighted by Crippen LogP contribution is -2.38. The van der Waals surface area contributed by atoms with Gasteiger partial charge in [-0.05, 0) is 38.5 Å². The van der Waals surface area contributed by atoms with Gasteiger partial charge < -0.3 is 10.6 Å². The highest BCUT2D eigenvalue weighted by Gasteiger charge is 2.45. The van der Waals surface area contributed by atoms with Crippen LogP contribution in [0.2, 0.25) is 0 Å². The van der Waals surface area contributed by atoms with Crippen molar-refractivity contribution in [3.8, 4) is 0 Å². The van der Waals surface area contributed by atoms with Crippen molar-refractivity contribution in [3.63, 3.8) is 0 Å². The first kappa shape index (κ1) is 13.5. The zero-order chi connectivity index (χ0) is 12.4. The van der Waals surface area contributed by atoms with Gasteiger partial charge >= 0.3 is 0 Å². The maximum Gasteiger partial charge on any atom is 0.221 e. The molecule has 0 aromatic rings. The van der Waals surface area contributed by atoms with Gasteiger partial charge in [0, 0.05) is 25.0 Å². The third-order valence-corrected chi connectivity index (χ3v) is 3.27. The van der Waals surface area contributed by atoms with E-state index in [1.807, 2.05) is 0 Å². The standard InChI is InChI=1S/C13H26N2O/c1-12(2,3)15-7-6-11(16)14-9-10-8-13(10,4)5/h10,15H,6-9H2,1-5H3,(H,14,16). The summed E-state index contributed by atoms with van der Waals surface area (Å²) in [6.07, 6.45) is 1.82. The number of carbonyl (C=O) groups excluding carboxylic acids is 1. The van der Waals surface area contributed by atoms with E-state index >= 15 is 0 Å². The molecule has 0 aliphatic heterocycles. The molecule has 3 heteroatoms. The second kappa shape index (κ2) is 4.74. The van der Waals surface area contributed by atoms with Gasteiger partial charge in [-0.3, -0.25) is 4.79 Å². The summed E-state index contributed by atoms with van der Waals surface area (Å²) in [4.78, 5) is 11.5. The van der Waals surface area contributed by atoms with Crippen LogP contribution in [0, 0.1) is 11.3 Å². The zero-order valence-electron chi connectivity index (χ0n) is 11.3. The summed E-state index contributed by atoms with van der Waals surface area (Å²) in [5.41, 5.74) is 0.551. The summed E-state index contributed by atoms with van der Waals surface area (Å²) >= 11 is 0. The molecule has 1 saturated carbocycles. The van der Waals surface area contributed by atoms with Gasteiger partial charge in [-0.25, -0.2) is 0 Å². The van der Waals surface area contributed by atoms with E-state index in [1.54, 1.807) is 0 Å². The monoisotopic (exact) mass is 226 g/mol. The lowest BCUT2D eigenvalue weighted by Gasteiger charge is -2.20. The Hall–Kier alpha value is -0.570. The number of hydrogen-bond acceptors (Lipinski definition) is 2. The van der Waals surface area contributed by atoms with E-state index < -0.39 is 0 Å². The number of carbonyl (C=O) groups is 1. The second-order valence-corrected chi connectivity index (χ2v) is 6.62. The van der Waals surface area contributed by atoms with Crippen molar-refractivity contribution < 1.29 is 4.79 Å². The molecule has 0 saturated heterocycles. The topological polar surface area (TPSA) is 41.1 Å². The lowest BCUT2D eigenvalue weighted by molar-refractivity contribution is -0.121. The molecule has 3 nitrogen and oxygen atoms in total. The fourth-order valence-electron chi connectivity index (χ4n) is 1.80. The normalized spacial score (nSPS) is 22.9. The summed E-state index contributed by atoms with van der Waals surface area (Å²) in [5, 5.41) is 6.32. The Bertz CT molecular complexity index is 253. The zero-order valence-corrected chi connectivity index (χ0v) is 11.3. The Kier molecular flexibility index (Phi) is 4.00. The summed E-state index contributed by atoms with van der Waals surface area (Å²) in [6.45, 7) is 12.4. The Morgan fingerprint density at radius 3 is 2.38 bits per heavy atom. The average molecular weight is 226 g/mol. The van der Waals surface area contributed by atoms with Crippen LogP contribution in [-0.2, 0) is 4.79 Å². The number of nitrogens with one attached hydrogen (secondary N) is 2. The molecule has 1 aliphatic carbocycles. The minimum absolute atomic E-state index is 0.0960. The summed E-state index contributed by atoms with van der Waals surface area (Å²) in [7, 11) is 0. The van der Waals surface area contributed by atoms with E-state index in [-0.39, 0.29) is 11.4 Å². The van der Waals surface area contributed by atoms with E-state index in [9.17, 15) is 4.79 Å². The summed E-state index contributed by atoms with van der Waals surface area (Å²) < 4.78 is 0. The van der Waals surface area contributed by atoms with Crippen molar-refractivity contribution in [2.45, 2.75) is 53.0 Å². The molecule has 0 bridgehead atoms. The first-order valence-corrected chi connectivity index (χ1v) is 6.22. The number of hydrogen-bond donors (Lipinski definition) is 2. The van der Waals surface area contributed by atoms with Crippen molar-refractivity contribution in [2.24, 2.45) is 11.3 Å². The molecule has 1 fully saturated rings. The second-order valence-electron chi connectivity index (χ2n) is 6.62. The van der Waals surface area contributed by atoms with Crippen molar-refractivity contribution in [1.29, 1.82) is 0 Å². The van der Waals surface area contributed by atoms with Crippen LogP contribution in [0.3, 0.4) is 0 Å². The highest BCUT2D eigenvalue weighted by molar-refractivity contribution is 5.76. The molecular formula is C13H26N2O. The predicted octanol–water partition coefficient (Wildman–Crippen LogP) is 1.93. The van der Waals surface area contributed by atoms with Crippen LogP contribution in [0.25, 0.3) is 0 Å². The molecule has 0 aromatic carbocycles. The van der Waals surface area contributed by atoms with E-state index in [2.05, 4.69) is 45.3 Å². The third kappa shape index (κ3) is 4.97. The van der Waals surface area contributed by atoms with E-state index in [0.29, 0.717) is 17.8 Å². The van der Waals surface area contributed by atoms with E-state index in [1.165, 1.54) is 6.42 Å². The molecule has 1 rings (SSSR count). The maximum absolute atomic E-state index is 11.5. The Balaban J connectivity index is 2.04. The SMILES string of the molecule is CC(C)(C)NCCC(=O)NCC1CC1(C)C. The highest BCUT2D eigenvalue weighted by atomic mass is 16.1. The summed E-state index contributed by atoms with van der Waals surface area (Å²) in [6, 6.07) is 0. The molecule has 2 N–H and O–H groups in total. The minimum atomic E-state index is 0.0960. The van der Waals surface area contributed by atoms with Crippen LogP contribution >= 0.6 is 0 Å². The molecule has 0 aromatic heterocycles. The molecule has 1 aliphatic rings. The van der Waals surface area contributed by atoms with Gasteiger partial charge in [0.1, 0.15) is 0 Å². The maximum atomic E-state index is 11.5. The van der Waals surface area contributed by atoms with Crippen molar-refractivity contribution >= 4 is 5.91 Å². The van der Waals surface area contributed by atoms with Crippen molar-refractivity contribution in [2.75, 3.05) is 13.1 Å². The van der Waals surface area contributed by atoms with Crippen molar-refractivity contribution in [1.82, 2.24) is 10.6 Å². The minimum Gasteiger partial charge on any atom is -0.356 e. The fourth-order valence-corrected chi connectivity index (χ4v) is 1.80. The fraction of sp³-hybridized carbons (Fsp3) is 0.923. The first-order valence-electron chi connectivity index (χ1n) is 6.22. The van der Waals surface area contributed by atoms with Gasteiger partial charge in [0.15, 0.2) is 0 Å². The van der Waals surface area contributed by atoms with E-state index in [4.69, 9.17) is 0 Å². The lowest BCUT2D eigenvalue weighted by atomic mass is 10.1. The van der Waals surface area contributed by atoms with Gasteiger partial charge in [0.25, 0.3) is 0 Å². The van der Waals surface area contributed by atoms with Crippen LogP contribution in [0.1, 0.15) is 47.5 Å². The first-order chi connectivity index (χ1) is 7.21. The van der Waals surface area contributed by atoms with Crippen LogP contribution in [0.15, 0.2) is 0 Å². The molecule has 1 unspecified atom stereocenters. The molecule has 0 spiro atoms. The van der Waals surface area contributed by atoms with Gasteiger partial charge in [-0.2, -0.15) is 0 Å². The highest BCUT2D eigenvalue weighted by Crippen LogP contribution is 2.50. The van der Waals surface area contributed by atoms with Gasteiger partial charge in [-0.15, -0.1) is 0 Å². The predicted molar refractivity (Wildman–Crippen MR) is 67.3 cm³/mol. The Morgan fingerprint density at radius 2 is 1.94 bits per heavy atom. The molecule has 94 valence electrons. The molecule has 0 radical (unpaired) electrons.